The third-order valence-electron chi connectivity index (χ3n) is 5.87. The van der Waals surface area contributed by atoms with E-state index in [9.17, 15) is 0 Å². The Labute approximate surface area is 201 Å². The van der Waals surface area contributed by atoms with Crippen molar-refractivity contribution < 1.29 is 0 Å². The second-order valence-electron chi connectivity index (χ2n) is 7.93. The summed E-state index contributed by atoms with van der Waals surface area (Å²) >= 11 is 1.70. The molecular weight excluding hydrogens is 436 g/mol. The van der Waals surface area contributed by atoms with Gasteiger partial charge >= 0.3 is 0 Å². The first-order chi connectivity index (χ1) is 16.9. The Morgan fingerprint density at radius 3 is 1.65 bits per heavy atom. The maximum Gasteiger partial charge on any atom is 0.189 e. The molecule has 0 aliphatic heterocycles. The number of benzene rings is 4. The molecule has 0 fully saturated rings. The molecule has 0 radical (unpaired) electrons. The Morgan fingerprint density at radius 2 is 1.06 bits per heavy atom. The average Bonchev–Trinajstić information content (AvgIpc) is 3.60. The molecule has 0 spiro atoms. The van der Waals surface area contributed by atoms with Crippen LogP contribution < -0.4 is 0 Å². The van der Waals surface area contributed by atoms with Crippen LogP contribution in [0.3, 0.4) is 0 Å². The SMILES string of the molecule is c1ccc(-c2ccccc2-c2cc(-c3nnn[nH]3)sc2-c2ccccc2-c2ccccc2)cc1. The molecule has 6 rings (SSSR count). The van der Waals surface area contributed by atoms with Crippen LogP contribution in [0.1, 0.15) is 0 Å². The van der Waals surface area contributed by atoms with Crippen LogP contribution in [-0.4, -0.2) is 20.6 Å². The summed E-state index contributed by atoms with van der Waals surface area (Å²) in [6.45, 7) is 0. The topological polar surface area (TPSA) is 54.5 Å². The Morgan fingerprint density at radius 1 is 0.529 bits per heavy atom. The normalized spacial score (nSPS) is 10.9. The Hall–Kier alpha value is -4.35. The second-order valence-corrected chi connectivity index (χ2v) is 8.98. The van der Waals surface area contributed by atoms with E-state index in [2.05, 4.69) is 124 Å². The molecule has 2 heterocycles. The van der Waals surface area contributed by atoms with Crippen LogP contribution in [-0.2, 0) is 0 Å². The zero-order chi connectivity index (χ0) is 22.7. The van der Waals surface area contributed by atoms with Gasteiger partial charge in [-0.25, -0.2) is 5.10 Å². The number of nitrogens with zero attached hydrogens (tertiary/aromatic N) is 3. The van der Waals surface area contributed by atoms with Crippen molar-refractivity contribution in [1.29, 1.82) is 0 Å². The Kier molecular flexibility index (Phi) is 5.30. The van der Waals surface area contributed by atoms with Crippen LogP contribution in [0.2, 0.25) is 0 Å². The zero-order valence-electron chi connectivity index (χ0n) is 18.2. The van der Waals surface area contributed by atoms with E-state index >= 15 is 0 Å². The van der Waals surface area contributed by atoms with Crippen molar-refractivity contribution in [2.45, 2.75) is 0 Å². The first-order valence-corrected chi connectivity index (χ1v) is 11.9. The van der Waals surface area contributed by atoms with Gasteiger partial charge in [-0.1, -0.05) is 109 Å². The summed E-state index contributed by atoms with van der Waals surface area (Å²) in [6.07, 6.45) is 0. The first-order valence-electron chi connectivity index (χ1n) is 11.1. The Balaban J connectivity index is 1.62. The number of hydrogen-bond acceptors (Lipinski definition) is 4. The monoisotopic (exact) mass is 456 g/mol. The molecule has 1 N–H and O–H groups in total. The van der Waals surface area contributed by atoms with Crippen LogP contribution in [0.15, 0.2) is 115 Å². The molecule has 0 saturated heterocycles. The van der Waals surface area contributed by atoms with Gasteiger partial charge in [-0.2, -0.15) is 0 Å². The number of aromatic amines is 1. The van der Waals surface area contributed by atoms with Gasteiger partial charge in [0.05, 0.1) is 4.88 Å². The minimum absolute atomic E-state index is 0.673. The number of aromatic nitrogens is 4. The smallest absolute Gasteiger partial charge is 0.189 e. The fraction of sp³-hybridized carbons (Fsp3) is 0. The molecule has 4 nitrogen and oxygen atoms in total. The summed E-state index contributed by atoms with van der Waals surface area (Å²) in [5.41, 5.74) is 8.31. The molecular formula is C29H20N4S. The number of tetrazole rings is 1. The molecule has 34 heavy (non-hydrogen) atoms. The van der Waals surface area contributed by atoms with Crippen molar-refractivity contribution >= 4 is 11.3 Å². The van der Waals surface area contributed by atoms with E-state index in [1.165, 1.54) is 43.8 Å². The highest BCUT2D eigenvalue weighted by molar-refractivity contribution is 7.19. The summed E-state index contributed by atoms with van der Waals surface area (Å²) in [5, 5.41) is 14.7. The lowest BCUT2D eigenvalue weighted by molar-refractivity contribution is 0.881. The van der Waals surface area contributed by atoms with Crippen molar-refractivity contribution in [2.75, 3.05) is 0 Å². The lowest BCUT2D eigenvalue weighted by atomic mass is 9.91. The van der Waals surface area contributed by atoms with E-state index in [-0.39, 0.29) is 0 Å². The summed E-state index contributed by atoms with van der Waals surface area (Å²) < 4.78 is 0. The molecule has 0 amide bonds. The molecule has 4 aromatic carbocycles. The van der Waals surface area contributed by atoms with Gasteiger partial charge < -0.3 is 0 Å². The van der Waals surface area contributed by atoms with Gasteiger partial charge in [-0.05, 0) is 44.3 Å². The quantitative estimate of drug-likeness (QED) is 0.291. The average molecular weight is 457 g/mol. The van der Waals surface area contributed by atoms with Crippen LogP contribution in [0.25, 0.3) is 54.5 Å². The number of rotatable bonds is 5. The summed E-state index contributed by atoms with van der Waals surface area (Å²) in [4.78, 5) is 2.19. The van der Waals surface area contributed by atoms with Gasteiger partial charge in [-0.15, -0.1) is 16.4 Å². The van der Waals surface area contributed by atoms with Gasteiger partial charge in [0.2, 0.25) is 0 Å². The minimum Gasteiger partial charge on any atom is -0.238 e. The van der Waals surface area contributed by atoms with Crippen LogP contribution >= 0.6 is 11.3 Å². The zero-order valence-corrected chi connectivity index (χ0v) is 19.0. The van der Waals surface area contributed by atoms with E-state index in [4.69, 9.17) is 0 Å². The van der Waals surface area contributed by atoms with E-state index in [1.807, 2.05) is 12.1 Å². The first kappa shape index (κ1) is 20.3. The predicted octanol–water partition coefficient (Wildman–Crippen LogP) is 7.60. The summed E-state index contributed by atoms with van der Waals surface area (Å²) in [6, 6.07) is 40.4. The van der Waals surface area contributed by atoms with Gasteiger partial charge in [0.15, 0.2) is 5.82 Å². The van der Waals surface area contributed by atoms with E-state index in [1.54, 1.807) is 11.3 Å². The molecule has 0 saturated carbocycles. The maximum absolute atomic E-state index is 4.18. The molecule has 0 aliphatic rings. The molecule has 2 aromatic heterocycles. The van der Waals surface area contributed by atoms with Crippen molar-refractivity contribution in [3.63, 3.8) is 0 Å². The van der Waals surface area contributed by atoms with E-state index < -0.39 is 0 Å². The van der Waals surface area contributed by atoms with E-state index in [0.717, 1.165) is 4.88 Å². The van der Waals surface area contributed by atoms with Gasteiger partial charge in [0.1, 0.15) is 0 Å². The lowest BCUT2D eigenvalue weighted by Gasteiger charge is -2.14. The predicted molar refractivity (Wildman–Crippen MR) is 139 cm³/mol. The lowest BCUT2D eigenvalue weighted by Crippen LogP contribution is -1.87. The summed E-state index contributed by atoms with van der Waals surface area (Å²) in [7, 11) is 0. The van der Waals surface area contributed by atoms with Gasteiger partial charge in [0.25, 0.3) is 0 Å². The van der Waals surface area contributed by atoms with Gasteiger partial charge in [-0.3, -0.25) is 0 Å². The summed E-state index contributed by atoms with van der Waals surface area (Å²) in [5.74, 6) is 0.673. The number of nitrogens with one attached hydrogen (secondary N) is 1. The fourth-order valence-electron chi connectivity index (χ4n) is 4.31. The highest BCUT2D eigenvalue weighted by atomic mass is 32.1. The third-order valence-corrected chi connectivity index (χ3v) is 7.04. The molecule has 162 valence electrons. The van der Waals surface area contributed by atoms with E-state index in [0.29, 0.717) is 5.82 Å². The number of H-pyrrole nitrogens is 1. The van der Waals surface area contributed by atoms with Crippen molar-refractivity contribution in [1.82, 2.24) is 20.6 Å². The highest BCUT2D eigenvalue weighted by Crippen LogP contribution is 2.47. The maximum atomic E-state index is 4.18. The molecule has 0 aliphatic carbocycles. The van der Waals surface area contributed by atoms with Crippen molar-refractivity contribution in [2.24, 2.45) is 0 Å². The van der Waals surface area contributed by atoms with Crippen LogP contribution in [0, 0.1) is 0 Å². The second kappa shape index (κ2) is 8.89. The number of thiophene rings is 1. The molecule has 5 heteroatoms. The largest absolute Gasteiger partial charge is 0.238 e. The molecule has 0 bridgehead atoms. The molecule has 0 atom stereocenters. The van der Waals surface area contributed by atoms with Crippen LogP contribution in [0.4, 0.5) is 0 Å². The third kappa shape index (κ3) is 3.72. The van der Waals surface area contributed by atoms with Crippen molar-refractivity contribution in [3.8, 4) is 54.5 Å². The van der Waals surface area contributed by atoms with Gasteiger partial charge in [0, 0.05) is 16.0 Å². The van der Waals surface area contributed by atoms with Crippen molar-refractivity contribution in [3.05, 3.63) is 115 Å². The fourth-order valence-corrected chi connectivity index (χ4v) is 5.46. The molecule has 0 unspecified atom stereocenters. The molecule has 6 aromatic rings. The minimum atomic E-state index is 0.673. The standard InChI is InChI=1S/C29H20N4S/c1-3-11-20(12-4-1)22-15-7-9-17-24(22)26-19-27(29-30-32-33-31-29)34-28(26)25-18-10-8-16-23(25)21-13-5-2-6-14-21/h1-19H,(H,30,31,32,33). The van der Waals surface area contributed by atoms with Crippen LogP contribution in [0.5, 0.6) is 0 Å². The Bertz CT molecular complexity index is 1440. The highest BCUT2D eigenvalue weighted by Gasteiger charge is 2.20. The number of hydrogen-bond donors (Lipinski definition) is 1.